The van der Waals surface area contributed by atoms with Crippen molar-refractivity contribution in [2.24, 2.45) is 0 Å². The van der Waals surface area contributed by atoms with Crippen LogP contribution in [0.3, 0.4) is 0 Å². The Hall–Kier alpha value is 0.0569. The zero-order chi connectivity index (χ0) is 16.4. The van der Waals surface area contributed by atoms with Crippen molar-refractivity contribution in [3.05, 3.63) is 0 Å². The molecule has 0 radical (unpaired) electrons. The second-order valence-corrected chi connectivity index (χ2v) is 11.0. The third-order valence-electron chi connectivity index (χ3n) is 4.34. The number of unbranched alkanes of at least 4 members (excludes halogenated alkanes) is 3. The predicted molar refractivity (Wildman–Crippen MR) is 90.1 cm³/mol. The number of aliphatic hydroxyl groups is 2. The topological polar surface area (TPSA) is 58.9 Å². The van der Waals surface area contributed by atoms with E-state index in [1.54, 1.807) is 13.8 Å². The van der Waals surface area contributed by atoms with Crippen LogP contribution in [0.1, 0.15) is 52.9 Å². The molecule has 2 N–H and O–H groups in total. The summed E-state index contributed by atoms with van der Waals surface area (Å²) in [5.41, 5.74) is -1.16. The Morgan fingerprint density at radius 2 is 1.76 bits per heavy atom. The van der Waals surface area contributed by atoms with Crippen LogP contribution in [-0.2, 0) is 9.16 Å². The van der Waals surface area contributed by atoms with Crippen LogP contribution < -0.4 is 0 Å². The SMILES string of the molecule is CCCCCC[Si](C)(CCCOCC(C)(O)C(C)O)OC. The molecule has 4 nitrogen and oxygen atoms in total. The second kappa shape index (κ2) is 10.7. The fourth-order valence-electron chi connectivity index (χ4n) is 2.20. The van der Waals surface area contributed by atoms with Gasteiger partial charge in [-0.15, -0.1) is 0 Å². The Morgan fingerprint density at radius 1 is 1.14 bits per heavy atom. The molecule has 0 aliphatic carbocycles. The molecule has 5 heteroatoms. The maximum absolute atomic E-state index is 9.87. The highest BCUT2D eigenvalue weighted by Crippen LogP contribution is 2.22. The molecular weight excluding hydrogens is 284 g/mol. The van der Waals surface area contributed by atoms with Gasteiger partial charge >= 0.3 is 0 Å². The van der Waals surface area contributed by atoms with Crippen molar-refractivity contribution >= 4 is 8.32 Å². The van der Waals surface area contributed by atoms with Crippen LogP contribution in [-0.4, -0.2) is 50.6 Å². The Labute approximate surface area is 132 Å². The lowest BCUT2D eigenvalue weighted by Crippen LogP contribution is -2.42. The molecule has 0 saturated heterocycles. The Bertz CT molecular complexity index is 259. The highest BCUT2D eigenvalue weighted by Gasteiger charge is 2.28. The summed E-state index contributed by atoms with van der Waals surface area (Å²) in [4.78, 5) is 0. The second-order valence-electron chi connectivity index (χ2n) is 6.65. The molecule has 0 saturated carbocycles. The fraction of sp³-hybridized carbons (Fsp3) is 1.00. The summed E-state index contributed by atoms with van der Waals surface area (Å²) < 4.78 is 11.3. The van der Waals surface area contributed by atoms with Crippen molar-refractivity contribution in [1.29, 1.82) is 0 Å². The molecule has 21 heavy (non-hydrogen) atoms. The minimum Gasteiger partial charge on any atom is -0.420 e. The first kappa shape index (κ1) is 21.1. The molecule has 128 valence electrons. The number of aliphatic hydroxyl groups excluding tert-OH is 1. The molecule has 0 rings (SSSR count). The summed E-state index contributed by atoms with van der Waals surface area (Å²) in [5, 5.41) is 19.3. The lowest BCUT2D eigenvalue weighted by Gasteiger charge is -2.27. The van der Waals surface area contributed by atoms with Crippen LogP contribution in [0.5, 0.6) is 0 Å². The third-order valence-corrected chi connectivity index (χ3v) is 8.15. The van der Waals surface area contributed by atoms with E-state index in [9.17, 15) is 10.2 Å². The van der Waals surface area contributed by atoms with E-state index in [0.717, 1.165) is 12.5 Å². The van der Waals surface area contributed by atoms with Gasteiger partial charge in [0.05, 0.1) is 12.7 Å². The lowest BCUT2D eigenvalue weighted by atomic mass is 10.0. The minimum atomic E-state index is -1.58. The van der Waals surface area contributed by atoms with Gasteiger partial charge in [0, 0.05) is 13.7 Å². The minimum absolute atomic E-state index is 0.173. The normalized spacial score (nSPS) is 19.0. The number of hydrogen-bond donors (Lipinski definition) is 2. The van der Waals surface area contributed by atoms with Crippen LogP contribution in [0.2, 0.25) is 18.6 Å². The fourth-order valence-corrected chi connectivity index (χ4v) is 4.75. The number of rotatable bonds is 13. The molecule has 0 aliphatic heterocycles. The van der Waals surface area contributed by atoms with E-state index in [1.165, 1.54) is 31.7 Å². The van der Waals surface area contributed by atoms with E-state index in [0.29, 0.717) is 6.61 Å². The van der Waals surface area contributed by atoms with Crippen molar-refractivity contribution in [1.82, 2.24) is 0 Å². The van der Waals surface area contributed by atoms with Gasteiger partial charge in [-0.1, -0.05) is 32.6 Å². The first-order valence-electron chi connectivity index (χ1n) is 8.31. The monoisotopic (exact) mass is 320 g/mol. The van der Waals surface area contributed by atoms with E-state index in [2.05, 4.69) is 13.5 Å². The highest BCUT2D eigenvalue weighted by molar-refractivity contribution is 6.72. The summed E-state index contributed by atoms with van der Waals surface area (Å²) in [5.74, 6) is 0. The van der Waals surface area contributed by atoms with E-state index in [1.807, 2.05) is 7.11 Å². The van der Waals surface area contributed by atoms with E-state index >= 15 is 0 Å². The largest absolute Gasteiger partial charge is 0.420 e. The summed E-state index contributed by atoms with van der Waals surface area (Å²) in [7, 11) is 0.255. The third kappa shape index (κ3) is 9.63. The lowest BCUT2D eigenvalue weighted by molar-refractivity contribution is -0.102. The summed E-state index contributed by atoms with van der Waals surface area (Å²) in [6.07, 6.45) is 5.32. The molecule has 0 fully saturated rings. The van der Waals surface area contributed by atoms with Crippen molar-refractivity contribution in [3.63, 3.8) is 0 Å². The van der Waals surface area contributed by atoms with Gasteiger partial charge in [0.15, 0.2) is 8.32 Å². The number of hydrogen-bond acceptors (Lipinski definition) is 4. The van der Waals surface area contributed by atoms with E-state index in [-0.39, 0.29) is 6.61 Å². The summed E-state index contributed by atoms with van der Waals surface area (Å²) >= 11 is 0. The average molecular weight is 321 g/mol. The van der Waals surface area contributed by atoms with Crippen LogP contribution in [0, 0.1) is 0 Å². The van der Waals surface area contributed by atoms with E-state index < -0.39 is 20.0 Å². The van der Waals surface area contributed by atoms with Crippen molar-refractivity contribution in [2.75, 3.05) is 20.3 Å². The molecule has 0 amide bonds. The van der Waals surface area contributed by atoms with Crippen molar-refractivity contribution in [3.8, 4) is 0 Å². The highest BCUT2D eigenvalue weighted by atomic mass is 28.4. The average Bonchev–Trinajstić information content (AvgIpc) is 2.43. The standard InChI is InChI=1S/C16H36O4Si/c1-6-7-8-9-12-21(5,19-4)13-10-11-20-14-16(3,18)15(2)17/h15,17-18H,6-14H2,1-5H3. The molecule has 0 aromatic rings. The van der Waals surface area contributed by atoms with Gasteiger partial charge in [-0.3, -0.25) is 0 Å². The van der Waals surface area contributed by atoms with Gasteiger partial charge in [-0.25, -0.2) is 0 Å². The Kier molecular flexibility index (Phi) is 10.8. The molecule has 3 atom stereocenters. The quantitative estimate of drug-likeness (QED) is 0.404. The Balaban J connectivity index is 3.85. The van der Waals surface area contributed by atoms with E-state index in [4.69, 9.17) is 9.16 Å². The molecule has 0 bridgehead atoms. The summed E-state index contributed by atoms with van der Waals surface area (Å²) in [6.45, 7) is 8.49. The van der Waals surface area contributed by atoms with Crippen LogP contribution in [0.4, 0.5) is 0 Å². The van der Waals surface area contributed by atoms with Crippen LogP contribution >= 0.6 is 0 Å². The maximum Gasteiger partial charge on any atom is 0.189 e. The Morgan fingerprint density at radius 3 is 2.29 bits per heavy atom. The van der Waals surface area contributed by atoms with Gasteiger partial charge < -0.3 is 19.4 Å². The van der Waals surface area contributed by atoms with Gasteiger partial charge in [-0.2, -0.15) is 0 Å². The summed E-state index contributed by atoms with van der Waals surface area (Å²) in [6, 6.07) is 2.31. The smallest absolute Gasteiger partial charge is 0.189 e. The number of ether oxygens (including phenoxy) is 1. The first-order valence-corrected chi connectivity index (χ1v) is 11.1. The predicted octanol–water partition coefficient (Wildman–Crippen LogP) is 3.33. The molecule has 0 heterocycles. The molecule has 0 aliphatic rings. The van der Waals surface area contributed by atoms with Gasteiger partial charge in [0.1, 0.15) is 5.60 Å². The van der Waals surface area contributed by atoms with Gasteiger partial charge in [-0.05, 0) is 38.9 Å². The van der Waals surface area contributed by atoms with Crippen molar-refractivity contribution < 1.29 is 19.4 Å². The first-order chi connectivity index (χ1) is 9.77. The molecular formula is C16H36O4Si. The maximum atomic E-state index is 9.87. The van der Waals surface area contributed by atoms with Gasteiger partial charge in [0.25, 0.3) is 0 Å². The van der Waals surface area contributed by atoms with Crippen LogP contribution in [0.25, 0.3) is 0 Å². The molecule has 3 unspecified atom stereocenters. The molecule has 0 spiro atoms. The molecule has 0 aromatic carbocycles. The van der Waals surface area contributed by atoms with Crippen molar-refractivity contribution in [2.45, 2.75) is 83.2 Å². The zero-order valence-corrected chi connectivity index (χ0v) is 15.7. The zero-order valence-electron chi connectivity index (χ0n) is 14.7. The molecule has 0 aromatic heterocycles. The van der Waals surface area contributed by atoms with Crippen LogP contribution in [0.15, 0.2) is 0 Å². The van der Waals surface area contributed by atoms with Gasteiger partial charge in [0.2, 0.25) is 0 Å².